The third-order valence-corrected chi connectivity index (χ3v) is 2.52. The number of aromatic nitrogens is 1. The highest BCUT2D eigenvalue weighted by molar-refractivity contribution is 5.92. The van der Waals surface area contributed by atoms with Gasteiger partial charge in [-0.1, -0.05) is 13.0 Å². The van der Waals surface area contributed by atoms with E-state index in [0.29, 0.717) is 0 Å². The van der Waals surface area contributed by atoms with E-state index >= 15 is 0 Å². The molecule has 0 amide bonds. The maximum Gasteiger partial charge on any atom is 0.133 e. The molecular formula is C13H16N2O. The van der Waals surface area contributed by atoms with E-state index in [9.17, 15) is 0 Å². The van der Waals surface area contributed by atoms with Crippen molar-refractivity contribution >= 4 is 16.6 Å². The van der Waals surface area contributed by atoms with Crippen molar-refractivity contribution in [3.63, 3.8) is 0 Å². The molecule has 0 unspecified atom stereocenters. The molecule has 2 aromatic rings. The van der Waals surface area contributed by atoms with Gasteiger partial charge in [-0.05, 0) is 30.0 Å². The van der Waals surface area contributed by atoms with Gasteiger partial charge in [0.05, 0.1) is 7.11 Å². The van der Waals surface area contributed by atoms with Crippen molar-refractivity contribution in [3.8, 4) is 5.75 Å². The lowest BCUT2D eigenvalue weighted by Crippen LogP contribution is -2.02. The summed E-state index contributed by atoms with van der Waals surface area (Å²) in [6.45, 7) is 3.07. The number of fused-ring (bicyclic) bond motifs is 1. The molecule has 0 spiro atoms. The molecule has 2 rings (SSSR count). The number of hydrogen-bond acceptors (Lipinski definition) is 3. The molecule has 1 aromatic heterocycles. The van der Waals surface area contributed by atoms with Crippen LogP contribution >= 0.6 is 0 Å². The second-order valence-corrected chi connectivity index (χ2v) is 3.67. The molecule has 0 aliphatic rings. The van der Waals surface area contributed by atoms with Crippen molar-refractivity contribution in [2.24, 2.45) is 0 Å². The van der Waals surface area contributed by atoms with Crippen LogP contribution < -0.4 is 10.1 Å². The predicted octanol–water partition coefficient (Wildman–Crippen LogP) is 3.07. The highest BCUT2D eigenvalue weighted by Gasteiger charge is 2.02. The van der Waals surface area contributed by atoms with Crippen LogP contribution in [-0.4, -0.2) is 18.6 Å². The molecule has 3 nitrogen and oxygen atoms in total. The molecule has 0 saturated heterocycles. The molecule has 0 saturated carbocycles. The topological polar surface area (TPSA) is 34.2 Å². The van der Waals surface area contributed by atoms with E-state index in [1.807, 2.05) is 30.5 Å². The van der Waals surface area contributed by atoms with Gasteiger partial charge in [0.1, 0.15) is 11.6 Å². The largest absolute Gasteiger partial charge is 0.497 e. The predicted molar refractivity (Wildman–Crippen MR) is 67.1 cm³/mol. The highest BCUT2D eigenvalue weighted by atomic mass is 16.5. The first-order valence-corrected chi connectivity index (χ1v) is 5.51. The Bertz CT molecular complexity index is 482. The average molecular weight is 216 g/mol. The molecule has 0 radical (unpaired) electrons. The fraction of sp³-hybridized carbons (Fsp3) is 0.308. The molecule has 84 valence electrons. The summed E-state index contributed by atoms with van der Waals surface area (Å²) in [5.74, 6) is 1.79. The summed E-state index contributed by atoms with van der Waals surface area (Å²) in [5.41, 5.74) is 0. The van der Waals surface area contributed by atoms with Gasteiger partial charge in [-0.3, -0.25) is 0 Å². The first-order valence-electron chi connectivity index (χ1n) is 5.51. The summed E-state index contributed by atoms with van der Waals surface area (Å²) in [6, 6.07) is 8.03. The van der Waals surface area contributed by atoms with E-state index < -0.39 is 0 Å². The summed E-state index contributed by atoms with van der Waals surface area (Å²) >= 11 is 0. The Morgan fingerprint density at radius 2 is 2.19 bits per heavy atom. The van der Waals surface area contributed by atoms with E-state index in [1.165, 1.54) is 5.39 Å². The first kappa shape index (κ1) is 10.7. The Hall–Kier alpha value is -1.77. The van der Waals surface area contributed by atoms with E-state index in [-0.39, 0.29) is 0 Å². The lowest BCUT2D eigenvalue weighted by Gasteiger charge is -2.08. The van der Waals surface area contributed by atoms with Crippen molar-refractivity contribution in [2.45, 2.75) is 13.3 Å². The van der Waals surface area contributed by atoms with Crippen LogP contribution in [0.15, 0.2) is 30.5 Å². The number of ether oxygens (including phenoxy) is 1. The zero-order chi connectivity index (χ0) is 11.4. The highest BCUT2D eigenvalue weighted by Crippen LogP contribution is 2.25. The lowest BCUT2D eigenvalue weighted by molar-refractivity contribution is 0.415. The molecule has 0 aliphatic heterocycles. The molecule has 0 atom stereocenters. The monoisotopic (exact) mass is 216 g/mol. The van der Waals surface area contributed by atoms with Crippen LogP contribution in [0.4, 0.5) is 5.82 Å². The maximum absolute atomic E-state index is 5.23. The minimum atomic E-state index is 0.861. The first-order chi connectivity index (χ1) is 7.85. The van der Waals surface area contributed by atoms with Crippen molar-refractivity contribution in [2.75, 3.05) is 19.0 Å². The van der Waals surface area contributed by atoms with Crippen LogP contribution in [-0.2, 0) is 0 Å². The summed E-state index contributed by atoms with van der Waals surface area (Å²) < 4.78 is 5.23. The number of rotatable bonds is 4. The van der Waals surface area contributed by atoms with Crippen LogP contribution in [0.2, 0.25) is 0 Å². The quantitative estimate of drug-likeness (QED) is 0.852. The zero-order valence-corrected chi connectivity index (χ0v) is 9.66. The molecule has 16 heavy (non-hydrogen) atoms. The molecule has 1 aromatic carbocycles. The number of nitrogens with one attached hydrogen (secondary N) is 1. The Morgan fingerprint density at radius 3 is 2.94 bits per heavy atom. The van der Waals surface area contributed by atoms with Gasteiger partial charge in [-0.15, -0.1) is 0 Å². The normalized spacial score (nSPS) is 10.4. The standard InChI is InChI=1S/C13H16N2O/c1-3-7-14-13-12-9-11(16-2)5-4-10(12)6-8-15-13/h4-6,8-9H,3,7H2,1-2H3,(H,14,15). The molecule has 3 heteroatoms. The molecule has 1 N–H and O–H groups in total. The summed E-state index contributed by atoms with van der Waals surface area (Å²) in [4.78, 5) is 4.35. The van der Waals surface area contributed by atoms with Crippen LogP contribution in [0.5, 0.6) is 5.75 Å². The lowest BCUT2D eigenvalue weighted by atomic mass is 10.1. The van der Waals surface area contributed by atoms with Crippen molar-refractivity contribution in [1.29, 1.82) is 0 Å². The SMILES string of the molecule is CCCNc1nccc2ccc(OC)cc12. The summed E-state index contributed by atoms with van der Waals surface area (Å²) in [6.07, 6.45) is 2.91. The van der Waals surface area contributed by atoms with Gasteiger partial charge in [0.15, 0.2) is 0 Å². The third-order valence-electron chi connectivity index (χ3n) is 2.52. The number of benzene rings is 1. The second kappa shape index (κ2) is 4.84. The van der Waals surface area contributed by atoms with Gasteiger partial charge in [-0.25, -0.2) is 4.98 Å². The Morgan fingerprint density at radius 1 is 1.31 bits per heavy atom. The number of nitrogens with zero attached hydrogens (tertiary/aromatic N) is 1. The second-order valence-electron chi connectivity index (χ2n) is 3.67. The molecule has 0 bridgehead atoms. The maximum atomic E-state index is 5.23. The summed E-state index contributed by atoms with van der Waals surface area (Å²) in [7, 11) is 1.68. The van der Waals surface area contributed by atoms with Crippen LogP contribution in [0.25, 0.3) is 10.8 Å². The number of anilines is 1. The van der Waals surface area contributed by atoms with E-state index in [0.717, 1.165) is 29.9 Å². The van der Waals surface area contributed by atoms with Gasteiger partial charge in [0.25, 0.3) is 0 Å². The van der Waals surface area contributed by atoms with Gasteiger partial charge >= 0.3 is 0 Å². The zero-order valence-electron chi connectivity index (χ0n) is 9.66. The molecular weight excluding hydrogens is 200 g/mol. The fourth-order valence-corrected chi connectivity index (χ4v) is 1.66. The molecule has 0 aliphatic carbocycles. The van der Waals surface area contributed by atoms with Crippen LogP contribution in [0.1, 0.15) is 13.3 Å². The fourth-order valence-electron chi connectivity index (χ4n) is 1.66. The molecule has 1 heterocycles. The van der Waals surface area contributed by atoms with E-state index in [4.69, 9.17) is 4.74 Å². The van der Waals surface area contributed by atoms with Crippen molar-refractivity contribution in [3.05, 3.63) is 30.5 Å². The molecule has 0 fully saturated rings. The van der Waals surface area contributed by atoms with E-state index in [2.05, 4.69) is 17.2 Å². The van der Waals surface area contributed by atoms with Crippen molar-refractivity contribution < 1.29 is 4.74 Å². The Balaban J connectivity index is 2.46. The van der Waals surface area contributed by atoms with Crippen LogP contribution in [0.3, 0.4) is 0 Å². The van der Waals surface area contributed by atoms with Gasteiger partial charge < -0.3 is 10.1 Å². The van der Waals surface area contributed by atoms with Gasteiger partial charge in [-0.2, -0.15) is 0 Å². The smallest absolute Gasteiger partial charge is 0.133 e. The summed E-state index contributed by atoms with van der Waals surface area (Å²) in [5, 5.41) is 5.60. The minimum absolute atomic E-state index is 0.861. The number of hydrogen-bond donors (Lipinski definition) is 1. The Kier molecular flexibility index (Phi) is 3.25. The average Bonchev–Trinajstić information content (AvgIpc) is 2.35. The van der Waals surface area contributed by atoms with Gasteiger partial charge in [0.2, 0.25) is 0 Å². The number of pyridine rings is 1. The third kappa shape index (κ3) is 2.08. The Labute approximate surface area is 95.5 Å². The van der Waals surface area contributed by atoms with E-state index in [1.54, 1.807) is 7.11 Å². The minimum Gasteiger partial charge on any atom is -0.497 e. The number of methoxy groups -OCH3 is 1. The van der Waals surface area contributed by atoms with Crippen LogP contribution in [0, 0.1) is 0 Å². The van der Waals surface area contributed by atoms with Gasteiger partial charge in [0, 0.05) is 18.1 Å². The van der Waals surface area contributed by atoms with Crippen molar-refractivity contribution in [1.82, 2.24) is 4.98 Å².